The summed E-state index contributed by atoms with van der Waals surface area (Å²) in [6.45, 7) is 0. The van der Waals surface area contributed by atoms with Crippen LogP contribution in [-0.2, 0) is 0 Å². The molecular weight excluding hydrogens is 296 g/mol. The molecule has 0 heterocycles. The molecule has 23 heavy (non-hydrogen) atoms. The summed E-state index contributed by atoms with van der Waals surface area (Å²) >= 11 is 0. The van der Waals surface area contributed by atoms with Gasteiger partial charge in [-0.1, -0.05) is 30.3 Å². The number of aromatic hydroxyl groups is 1. The van der Waals surface area contributed by atoms with Crippen LogP contribution in [0.25, 0.3) is 10.8 Å². The van der Waals surface area contributed by atoms with Crippen LogP contribution in [0.4, 0.5) is 11.4 Å². The third-order valence-electron chi connectivity index (χ3n) is 3.49. The fourth-order valence-electron chi connectivity index (χ4n) is 2.31. The number of nitro benzene ring substituents is 1. The lowest BCUT2D eigenvalue weighted by molar-refractivity contribution is -0.384. The molecule has 0 atom stereocenters. The number of nitrogens with zero attached hydrogens (tertiary/aromatic N) is 1. The van der Waals surface area contributed by atoms with Crippen molar-refractivity contribution in [3.05, 3.63) is 76.3 Å². The van der Waals surface area contributed by atoms with Gasteiger partial charge in [-0.25, -0.2) is 0 Å². The van der Waals surface area contributed by atoms with E-state index in [2.05, 4.69) is 5.32 Å². The molecule has 0 aliphatic heterocycles. The van der Waals surface area contributed by atoms with E-state index < -0.39 is 10.8 Å². The number of phenolic OH excluding ortho intramolecular Hbond substituents is 1. The molecule has 0 fully saturated rings. The van der Waals surface area contributed by atoms with Crippen molar-refractivity contribution >= 4 is 28.1 Å². The smallest absolute Gasteiger partial charge is 0.269 e. The molecule has 0 radical (unpaired) electrons. The highest BCUT2D eigenvalue weighted by atomic mass is 16.6. The highest BCUT2D eigenvalue weighted by molar-refractivity contribution is 6.10. The van der Waals surface area contributed by atoms with E-state index in [1.807, 2.05) is 18.2 Å². The maximum absolute atomic E-state index is 12.3. The average molecular weight is 308 g/mol. The van der Waals surface area contributed by atoms with Gasteiger partial charge < -0.3 is 10.4 Å². The van der Waals surface area contributed by atoms with Gasteiger partial charge in [-0.3, -0.25) is 14.9 Å². The lowest BCUT2D eigenvalue weighted by Gasteiger charge is -2.11. The van der Waals surface area contributed by atoms with Crippen molar-refractivity contribution < 1.29 is 14.8 Å². The fraction of sp³-hybridized carbons (Fsp3) is 0. The predicted octanol–water partition coefficient (Wildman–Crippen LogP) is 3.71. The Labute approximate surface area is 131 Å². The Morgan fingerprint density at radius 3 is 2.39 bits per heavy atom. The minimum atomic E-state index is -0.530. The van der Waals surface area contributed by atoms with E-state index in [0.29, 0.717) is 11.1 Å². The van der Waals surface area contributed by atoms with Crippen molar-refractivity contribution in [2.45, 2.75) is 0 Å². The normalized spacial score (nSPS) is 10.4. The summed E-state index contributed by atoms with van der Waals surface area (Å²) in [6.07, 6.45) is 0. The lowest BCUT2D eigenvalue weighted by atomic mass is 10.1. The molecule has 3 rings (SSSR count). The Morgan fingerprint density at radius 1 is 1.00 bits per heavy atom. The Kier molecular flexibility index (Phi) is 3.64. The van der Waals surface area contributed by atoms with Gasteiger partial charge in [-0.15, -0.1) is 0 Å². The molecule has 1 amide bonds. The molecule has 0 saturated heterocycles. The van der Waals surface area contributed by atoms with Crippen molar-refractivity contribution in [2.75, 3.05) is 5.32 Å². The van der Waals surface area contributed by atoms with Gasteiger partial charge >= 0.3 is 0 Å². The third-order valence-corrected chi connectivity index (χ3v) is 3.49. The molecule has 2 N–H and O–H groups in total. The van der Waals surface area contributed by atoms with Gasteiger partial charge in [0.15, 0.2) is 0 Å². The number of nitro groups is 1. The first-order valence-corrected chi connectivity index (χ1v) is 6.83. The maximum Gasteiger partial charge on any atom is 0.269 e. The molecule has 3 aromatic carbocycles. The number of phenols is 1. The summed E-state index contributed by atoms with van der Waals surface area (Å²) < 4.78 is 0. The molecule has 3 aromatic rings. The summed E-state index contributed by atoms with van der Waals surface area (Å²) in [7, 11) is 0. The van der Waals surface area contributed by atoms with Crippen LogP contribution < -0.4 is 5.32 Å². The van der Waals surface area contributed by atoms with E-state index >= 15 is 0 Å². The van der Waals surface area contributed by atoms with Crippen LogP contribution >= 0.6 is 0 Å². The second kappa shape index (κ2) is 5.76. The molecule has 0 spiro atoms. The first-order valence-electron chi connectivity index (χ1n) is 6.83. The number of benzene rings is 3. The van der Waals surface area contributed by atoms with E-state index in [-0.39, 0.29) is 17.0 Å². The number of anilines is 1. The molecule has 0 unspecified atom stereocenters. The second-order valence-electron chi connectivity index (χ2n) is 4.94. The van der Waals surface area contributed by atoms with Crippen LogP contribution in [-0.4, -0.2) is 15.9 Å². The summed E-state index contributed by atoms with van der Waals surface area (Å²) in [6, 6.07) is 15.9. The Hall–Kier alpha value is -3.41. The number of nitrogens with one attached hydrogen (secondary N) is 1. The number of carbonyl (C=O) groups is 1. The van der Waals surface area contributed by atoms with Gasteiger partial charge in [0.25, 0.3) is 11.6 Å². The van der Waals surface area contributed by atoms with Gasteiger partial charge in [-0.05, 0) is 23.6 Å². The summed E-state index contributed by atoms with van der Waals surface area (Å²) in [5.74, 6) is -0.495. The summed E-state index contributed by atoms with van der Waals surface area (Å²) in [4.78, 5) is 22.4. The quantitative estimate of drug-likeness (QED) is 0.438. The number of hydrogen-bond acceptors (Lipinski definition) is 4. The molecule has 0 saturated carbocycles. The Balaban J connectivity index is 1.94. The zero-order chi connectivity index (χ0) is 16.4. The van der Waals surface area contributed by atoms with Crippen molar-refractivity contribution in [3.63, 3.8) is 0 Å². The number of amides is 1. The fourth-order valence-corrected chi connectivity index (χ4v) is 2.31. The Morgan fingerprint density at radius 2 is 1.70 bits per heavy atom. The van der Waals surface area contributed by atoms with Crippen LogP contribution in [0, 0.1) is 10.1 Å². The third kappa shape index (κ3) is 2.82. The minimum absolute atomic E-state index is 0.0426. The topological polar surface area (TPSA) is 92.5 Å². The SMILES string of the molecule is O=C(Nc1c(O)ccc2ccccc12)c1ccc([N+](=O)[O-])cc1. The molecule has 6 heteroatoms. The molecule has 0 aliphatic carbocycles. The van der Waals surface area contributed by atoms with Gasteiger partial charge in [0.1, 0.15) is 5.75 Å². The second-order valence-corrected chi connectivity index (χ2v) is 4.94. The van der Waals surface area contributed by atoms with Crippen LogP contribution in [0.2, 0.25) is 0 Å². The predicted molar refractivity (Wildman–Crippen MR) is 86.7 cm³/mol. The van der Waals surface area contributed by atoms with Crippen molar-refractivity contribution in [1.29, 1.82) is 0 Å². The minimum Gasteiger partial charge on any atom is -0.506 e. The summed E-state index contributed by atoms with van der Waals surface area (Å²) in [5.41, 5.74) is 0.490. The number of hydrogen-bond donors (Lipinski definition) is 2. The summed E-state index contributed by atoms with van der Waals surface area (Å²) in [5, 5.41) is 24.9. The number of fused-ring (bicyclic) bond motifs is 1. The number of rotatable bonds is 3. The molecule has 0 aliphatic rings. The van der Waals surface area contributed by atoms with Gasteiger partial charge in [0.05, 0.1) is 10.6 Å². The highest BCUT2D eigenvalue weighted by Gasteiger charge is 2.13. The molecule has 114 valence electrons. The monoisotopic (exact) mass is 308 g/mol. The standard InChI is InChI=1S/C17H12N2O4/c20-15-10-7-11-3-1-2-4-14(11)16(15)18-17(21)12-5-8-13(9-6-12)19(22)23/h1-10,20H,(H,18,21). The average Bonchev–Trinajstić information content (AvgIpc) is 2.57. The van der Waals surface area contributed by atoms with E-state index in [0.717, 1.165) is 5.39 Å². The van der Waals surface area contributed by atoms with Crippen LogP contribution in [0.15, 0.2) is 60.7 Å². The zero-order valence-electron chi connectivity index (χ0n) is 11.9. The molecule has 0 aromatic heterocycles. The van der Waals surface area contributed by atoms with Crippen LogP contribution in [0.3, 0.4) is 0 Å². The van der Waals surface area contributed by atoms with E-state index in [9.17, 15) is 20.0 Å². The molecule has 6 nitrogen and oxygen atoms in total. The first kappa shape index (κ1) is 14.5. The maximum atomic E-state index is 12.3. The van der Waals surface area contributed by atoms with E-state index in [1.165, 1.54) is 30.3 Å². The largest absolute Gasteiger partial charge is 0.506 e. The number of carbonyl (C=O) groups excluding carboxylic acids is 1. The van der Waals surface area contributed by atoms with E-state index in [1.54, 1.807) is 12.1 Å². The first-order chi connectivity index (χ1) is 11.1. The molecule has 0 bridgehead atoms. The number of non-ortho nitro benzene ring substituents is 1. The van der Waals surface area contributed by atoms with Crippen molar-refractivity contribution in [1.82, 2.24) is 0 Å². The van der Waals surface area contributed by atoms with Crippen molar-refractivity contribution in [3.8, 4) is 5.75 Å². The highest BCUT2D eigenvalue weighted by Crippen LogP contribution is 2.32. The van der Waals surface area contributed by atoms with Gasteiger partial charge in [-0.2, -0.15) is 0 Å². The molecular formula is C17H12N2O4. The Bertz CT molecular complexity index is 904. The van der Waals surface area contributed by atoms with Crippen LogP contribution in [0.5, 0.6) is 5.75 Å². The van der Waals surface area contributed by atoms with E-state index in [4.69, 9.17) is 0 Å². The zero-order valence-corrected chi connectivity index (χ0v) is 11.9. The van der Waals surface area contributed by atoms with Crippen molar-refractivity contribution in [2.24, 2.45) is 0 Å². The van der Waals surface area contributed by atoms with Crippen LogP contribution in [0.1, 0.15) is 10.4 Å². The lowest BCUT2D eigenvalue weighted by Crippen LogP contribution is -2.12. The van der Waals surface area contributed by atoms with Gasteiger partial charge in [0.2, 0.25) is 0 Å². The van der Waals surface area contributed by atoms with Gasteiger partial charge in [0, 0.05) is 23.1 Å².